The summed E-state index contributed by atoms with van der Waals surface area (Å²) in [6.07, 6.45) is 18.2. The standard InChI is InChI=1S/C21H36F2O.C20H34F2O.CH3.Cm.3H2O.3H2/c1-14-3-5-15(6-4-14)16-7-9-17(10-8-16)19-12-11-18(13-24-2)20(22)21(19)23;1-13-2-4-14(5-3-13)15-6-8-16(9-7-15)18-11-10-17(12-23)19(21)20(18)22;;;;;;;;/h14-21H,3-13H2,1-2H3;13-20,23H,2-12H2,1H3;1H3;;3*1H2;3*1H/q;;-1;;;;;;;. The minimum atomic E-state index is -1.45. The largest absolute Gasteiger partial charge is 0.412 e. The van der Waals surface area contributed by atoms with Crippen LogP contribution in [0.3, 0.4) is 0 Å². The second-order valence-corrected chi connectivity index (χ2v) is 17.8. The van der Waals surface area contributed by atoms with Crippen LogP contribution in [-0.4, -0.2) is 66.5 Å². The first-order chi connectivity index (χ1) is 22.7. The Labute approximate surface area is 313 Å². The summed E-state index contributed by atoms with van der Waals surface area (Å²) in [6.45, 7) is 4.90. The predicted molar refractivity (Wildman–Crippen MR) is 208 cm³/mol. The van der Waals surface area contributed by atoms with Crippen molar-refractivity contribution in [3.05, 3.63) is 7.43 Å². The summed E-state index contributed by atoms with van der Waals surface area (Å²) in [4.78, 5) is 0. The Morgan fingerprint density at radius 3 is 1.08 bits per heavy atom. The number of hydrogen-bond acceptors (Lipinski definition) is 2. The molecule has 6 aliphatic carbocycles. The van der Waals surface area contributed by atoms with Crippen molar-refractivity contribution in [2.45, 2.75) is 167 Å². The van der Waals surface area contributed by atoms with Crippen molar-refractivity contribution in [3.8, 4) is 0 Å². The first-order valence-corrected chi connectivity index (χ1v) is 20.4. The number of aliphatic hydroxyl groups is 1. The average Bonchev–Trinajstić information content (AvgIpc) is 3.09. The van der Waals surface area contributed by atoms with Crippen LogP contribution in [0.15, 0.2) is 0 Å². The summed E-state index contributed by atoms with van der Waals surface area (Å²) in [5.74, 6) is 5.27. The molecule has 10 heteroatoms. The van der Waals surface area contributed by atoms with Crippen molar-refractivity contribution in [3.63, 3.8) is 0 Å². The molecule has 0 heterocycles. The van der Waals surface area contributed by atoms with Gasteiger partial charge in [0, 0.05) is 29.8 Å². The predicted octanol–water partition coefficient (Wildman–Crippen LogP) is 10.00. The first-order valence-electron chi connectivity index (χ1n) is 20.4. The van der Waals surface area contributed by atoms with Crippen molar-refractivity contribution in [2.24, 2.45) is 71.0 Å². The van der Waals surface area contributed by atoms with Crippen LogP contribution in [0.25, 0.3) is 0 Å². The van der Waals surface area contributed by atoms with Gasteiger partial charge in [0.15, 0.2) is 0 Å². The van der Waals surface area contributed by atoms with Crippen molar-refractivity contribution in [1.82, 2.24) is 0 Å². The molecule has 6 aliphatic rings. The minimum Gasteiger partial charge on any atom is -0.412 e. The van der Waals surface area contributed by atoms with Crippen LogP contribution in [-0.2, 0) is 4.74 Å². The van der Waals surface area contributed by atoms with Crippen molar-refractivity contribution in [1.29, 1.82) is 0 Å². The second-order valence-electron chi connectivity index (χ2n) is 17.8. The molecule has 52 heavy (non-hydrogen) atoms. The van der Waals surface area contributed by atoms with E-state index in [-0.39, 0.29) is 52.5 Å². The molecule has 0 aromatic rings. The van der Waals surface area contributed by atoms with Gasteiger partial charge in [-0.05, 0) is 162 Å². The normalized spacial score (nSPS) is 43.6. The van der Waals surface area contributed by atoms with E-state index in [1.807, 2.05) is 0 Å². The quantitative estimate of drug-likeness (QED) is 0.202. The number of alkyl halides is 4. The zero-order valence-electron chi connectivity index (χ0n) is 33.0. The fraction of sp³-hybridized carbons (Fsp3) is 0.976. The van der Waals surface area contributed by atoms with E-state index >= 15 is 0 Å². The van der Waals surface area contributed by atoms with Crippen LogP contribution in [0.1, 0.15) is 147 Å². The third kappa shape index (κ3) is 12.5. The summed E-state index contributed by atoms with van der Waals surface area (Å²) >= 11 is 0. The fourth-order valence-corrected chi connectivity index (χ4v) is 11.6. The first kappa shape index (κ1) is 50.5. The number of ether oxygens (including phenoxy) is 1. The van der Waals surface area contributed by atoms with Crippen LogP contribution < -0.4 is 0 Å². The van der Waals surface area contributed by atoms with Gasteiger partial charge in [-0.25, -0.2) is 17.6 Å². The molecule has 8 atom stereocenters. The molecular formula is C42H85CmF4O5-. The maximum atomic E-state index is 14.7. The second kappa shape index (κ2) is 24.1. The molecule has 7 N–H and O–H groups in total. The maximum absolute atomic E-state index is 14.7. The molecule has 5 nitrogen and oxygen atoms in total. The zero-order valence-corrected chi connectivity index (χ0v) is 36.0. The van der Waals surface area contributed by atoms with Gasteiger partial charge in [0.25, 0.3) is 0 Å². The van der Waals surface area contributed by atoms with Crippen molar-refractivity contribution in [2.75, 3.05) is 20.3 Å². The van der Waals surface area contributed by atoms with Gasteiger partial charge in [-0.15, -0.1) is 0 Å². The van der Waals surface area contributed by atoms with Crippen LogP contribution in [0.4, 0.5) is 17.6 Å². The Balaban J connectivity index is -0.000000413. The molecule has 0 spiro atoms. The van der Waals surface area contributed by atoms with E-state index < -0.39 is 30.6 Å². The van der Waals surface area contributed by atoms with E-state index in [4.69, 9.17) is 9.84 Å². The summed E-state index contributed by atoms with van der Waals surface area (Å²) in [6, 6.07) is 0. The Bertz CT molecular complexity index is 908. The molecule has 0 amide bonds. The van der Waals surface area contributed by atoms with Gasteiger partial charge in [0.2, 0.25) is 0 Å². The summed E-state index contributed by atoms with van der Waals surface area (Å²) in [5, 5.41) is 9.17. The molecule has 6 saturated carbocycles. The Morgan fingerprint density at radius 1 is 0.462 bits per heavy atom. The Morgan fingerprint density at radius 2 is 0.750 bits per heavy atom. The van der Waals surface area contributed by atoms with Gasteiger partial charge < -0.3 is 33.7 Å². The number of aliphatic hydroxyl groups excluding tert-OH is 1. The van der Waals surface area contributed by atoms with Crippen LogP contribution in [0.2, 0.25) is 0 Å². The van der Waals surface area contributed by atoms with E-state index in [9.17, 15) is 17.6 Å². The van der Waals surface area contributed by atoms with E-state index in [1.54, 1.807) is 7.11 Å². The monoisotopic (exact) mass is 989 g/mol. The van der Waals surface area contributed by atoms with Gasteiger partial charge in [-0.1, -0.05) is 39.5 Å². The molecule has 0 saturated heterocycles. The maximum Gasteiger partial charge on any atom is 0.136 e. The Kier molecular flexibility index (Phi) is 23.4. The van der Waals surface area contributed by atoms with E-state index in [0.717, 1.165) is 80.5 Å². The van der Waals surface area contributed by atoms with E-state index in [2.05, 4.69) is 13.8 Å². The van der Waals surface area contributed by atoms with Crippen molar-refractivity contribution >= 4 is 0 Å². The van der Waals surface area contributed by atoms with Gasteiger partial charge in [0.05, 0.1) is 6.61 Å². The molecular weight excluding hydrogens is 907 g/mol. The van der Waals surface area contributed by atoms with Crippen molar-refractivity contribution < 1.29 is 48.1 Å². The summed E-state index contributed by atoms with van der Waals surface area (Å²) in [7, 11) is 1.58. The van der Waals surface area contributed by atoms with Gasteiger partial charge in [0.1, 0.15) is 24.7 Å². The molecule has 320 valence electrons. The van der Waals surface area contributed by atoms with Gasteiger partial charge in [-0.3, -0.25) is 0 Å². The zero-order chi connectivity index (χ0) is 33.5. The SMILES string of the molecule is CC1CCC(C2CCC(C3CCC(CO)C(F)C3F)CC2)CC1.COCC1CCC(C2CCC(C3CCC(C)CC3)CC2)C(F)C1F.O.O.O.[CH3-].[Cm].[HH].[HH].[HH]. The van der Waals surface area contributed by atoms with Crippen LogP contribution in [0, 0.1) is 78.4 Å². The van der Waals surface area contributed by atoms with Gasteiger partial charge in [-0.2, -0.15) is 0 Å². The number of halogens is 4. The molecule has 6 fully saturated rings. The van der Waals surface area contributed by atoms with Crippen LogP contribution >= 0.6 is 0 Å². The smallest absolute Gasteiger partial charge is 0.136 e. The molecule has 0 aromatic heterocycles. The molecule has 0 aliphatic heterocycles. The average molecular weight is 993 g/mol. The molecule has 0 radical (unpaired) electrons. The number of hydrogen-bond donors (Lipinski definition) is 1. The van der Waals surface area contributed by atoms with Crippen LogP contribution in [0.5, 0.6) is 0 Å². The molecule has 0 aromatic carbocycles. The minimum absolute atomic E-state index is 0. The third-order valence-corrected chi connectivity index (χ3v) is 15.0. The molecule has 6 rings (SSSR count). The molecule has 8 unspecified atom stereocenters. The fourth-order valence-electron chi connectivity index (χ4n) is 11.6. The summed E-state index contributed by atoms with van der Waals surface area (Å²) in [5.41, 5.74) is 0. The van der Waals surface area contributed by atoms with E-state index in [1.165, 1.54) is 77.0 Å². The van der Waals surface area contributed by atoms with E-state index in [0.29, 0.717) is 24.9 Å². The topological polar surface area (TPSA) is 124 Å². The molecule has 0 bridgehead atoms. The summed E-state index contributed by atoms with van der Waals surface area (Å²) < 4.78 is 62.7. The number of methoxy groups -OCH3 is 1. The third-order valence-electron chi connectivity index (χ3n) is 15.0. The number of rotatable bonds is 7. The van der Waals surface area contributed by atoms with Gasteiger partial charge >= 0.3 is 0 Å². The Hall–Kier alpha value is -1.48.